The molecule has 3 heteroatoms. The van der Waals surface area contributed by atoms with Crippen LogP contribution in [-0.2, 0) is 11.3 Å². The summed E-state index contributed by atoms with van der Waals surface area (Å²) in [5.41, 5.74) is 1.25. The summed E-state index contributed by atoms with van der Waals surface area (Å²) >= 11 is 0. The van der Waals surface area contributed by atoms with Crippen LogP contribution in [0.4, 0.5) is 0 Å². The highest BCUT2D eigenvalue weighted by atomic mass is 16.5. The van der Waals surface area contributed by atoms with Crippen molar-refractivity contribution in [1.82, 2.24) is 5.32 Å². The Balaban J connectivity index is 1.71. The Kier molecular flexibility index (Phi) is 4.42. The van der Waals surface area contributed by atoms with Gasteiger partial charge in [-0.1, -0.05) is 30.3 Å². The van der Waals surface area contributed by atoms with E-state index < -0.39 is 0 Å². The van der Waals surface area contributed by atoms with Crippen LogP contribution in [0.2, 0.25) is 0 Å². The van der Waals surface area contributed by atoms with Crippen molar-refractivity contribution in [2.45, 2.75) is 38.5 Å². The van der Waals surface area contributed by atoms with Crippen molar-refractivity contribution >= 4 is 10.8 Å². The molecule has 0 radical (unpaired) electrons. The Hall–Kier alpha value is -1.58. The second-order valence-electron chi connectivity index (χ2n) is 5.59. The van der Waals surface area contributed by atoms with Crippen LogP contribution < -0.4 is 10.1 Å². The van der Waals surface area contributed by atoms with Crippen molar-refractivity contribution in [1.29, 1.82) is 0 Å². The Morgan fingerprint density at radius 3 is 2.71 bits per heavy atom. The van der Waals surface area contributed by atoms with Crippen LogP contribution in [0, 0.1) is 0 Å². The van der Waals surface area contributed by atoms with Gasteiger partial charge in [0.25, 0.3) is 0 Å². The quantitative estimate of drug-likeness (QED) is 0.881. The minimum atomic E-state index is 0.446. The Bertz CT molecular complexity index is 605. The third-order valence-corrected chi connectivity index (χ3v) is 4.28. The van der Waals surface area contributed by atoms with Gasteiger partial charge in [-0.05, 0) is 36.6 Å². The lowest BCUT2D eigenvalue weighted by atomic mass is 9.89. The number of ether oxygens (including phenoxy) is 2. The molecule has 1 aliphatic carbocycles. The molecule has 2 aromatic rings. The second kappa shape index (κ2) is 6.46. The maximum atomic E-state index is 5.61. The zero-order chi connectivity index (χ0) is 14.7. The molecule has 0 atom stereocenters. The van der Waals surface area contributed by atoms with Gasteiger partial charge in [-0.3, -0.25) is 0 Å². The van der Waals surface area contributed by atoms with Crippen LogP contribution in [0.25, 0.3) is 10.8 Å². The van der Waals surface area contributed by atoms with Crippen LogP contribution in [0.3, 0.4) is 0 Å². The number of fused-ring (bicyclic) bond motifs is 1. The fourth-order valence-electron chi connectivity index (χ4n) is 3.04. The predicted octanol–water partition coefficient (Wildman–Crippen LogP) is 3.51. The van der Waals surface area contributed by atoms with Gasteiger partial charge in [-0.15, -0.1) is 0 Å². The molecular formula is C18H23NO2. The summed E-state index contributed by atoms with van der Waals surface area (Å²) in [6.45, 7) is 3.71. The predicted molar refractivity (Wildman–Crippen MR) is 85.8 cm³/mol. The maximum Gasteiger partial charge on any atom is 0.123 e. The number of hydrogen-bond donors (Lipinski definition) is 1. The minimum absolute atomic E-state index is 0.446. The molecule has 0 saturated heterocycles. The zero-order valence-electron chi connectivity index (χ0n) is 12.8. The fourth-order valence-corrected chi connectivity index (χ4v) is 3.04. The van der Waals surface area contributed by atoms with Crippen molar-refractivity contribution in [3.05, 3.63) is 42.0 Å². The Labute approximate surface area is 126 Å². The first kappa shape index (κ1) is 14.4. The average molecular weight is 285 g/mol. The number of hydrogen-bond acceptors (Lipinski definition) is 3. The molecule has 0 spiro atoms. The van der Waals surface area contributed by atoms with E-state index in [-0.39, 0.29) is 0 Å². The van der Waals surface area contributed by atoms with Crippen molar-refractivity contribution in [3.63, 3.8) is 0 Å². The van der Waals surface area contributed by atoms with Gasteiger partial charge in [-0.25, -0.2) is 0 Å². The monoisotopic (exact) mass is 285 g/mol. The van der Waals surface area contributed by atoms with Crippen molar-refractivity contribution in [2.24, 2.45) is 0 Å². The SMILES string of the molecule is CCOC1CC(NCc2c(OC)ccc3ccccc23)C1. The molecule has 3 nitrogen and oxygen atoms in total. The normalized spacial score (nSPS) is 21.2. The highest BCUT2D eigenvalue weighted by molar-refractivity contribution is 5.87. The summed E-state index contributed by atoms with van der Waals surface area (Å²) in [6.07, 6.45) is 2.67. The van der Waals surface area contributed by atoms with Crippen LogP contribution in [0.1, 0.15) is 25.3 Å². The second-order valence-corrected chi connectivity index (χ2v) is 5.59. The number of methoxy groups -OCH3 is 1. The Morgan fingerprint density at radius 1 is 1.14 bits per heavy atom. The molecule has 3 rings (SSSR count). The summed E-state index contributed by atoms with van der Waals surface area (Å²) < 4.78 is 11.1. The molecule has 1 fully saturated rings. The molecule has 0 amide bonds. The van der Waals surface area contributed by atoms with E-state index >= 15 is 0 Å². The van der Waals surface area contributed by atoms with Gasteiger partial charge >= 0.3 is 0 Å². The molecule has 1 aliphatic rings. The van der Waals surface area contributed by atoms with Crippen molar-refractivity contribution in [2.75, 3.05) is 13.7 Å². The van der Waals surface area contributed by atoms with Gasteiger partial charge in [0.15, 0.2) is 0 Å². The summed E-state index contributed by atoms with van der Waals surface area (Å²) in [7, 11) is 1.74. The van der Waals surface area contributed by atoms with E-state index in [0.29, 0.717) is 12.1 Å². The molecular weight excluding hydrogens is 262 g/mol. The van der Waals surface area contributed by atoms with Crippen molar-refractivity contribution in [3.8, 4) is 5.75 Å². The van der Waals surface area contributed by atoms with Crippen molar-refractivity contribution < 1.29 is 9.47 Å². The van der Waals surface area contributed by atoms with Gasteiger partial charge < -0.3 is 14.8 Å². The number of rotatable bonds is 6. The van der Waals surface area contributed by atoms with Crippen LogP contribution in [-0.4, -0.2) is 25.9 Å². The van der Waals surface area contributed by atoms with Crippen LogP contribution in [0.5, 0.6) is 5.75 Å². The molecule has 0 aromatic heterocycles. The summed E-state index contributed by atoms with van der Waals surface area (Å²) in [4.78, 5) is 0. The highest BCUT2D eigenvalue weighted by Gasteiger charge is 2.29. The average Bonchev–Trinajstić information content (AvgIpc) is 2.49. The van der Waals surface area contributed by atoms with Gasteiger partial charge in [0.2, 0.25) is 0 Å². The van der Waals surface area contributed by atoms with E-state index in [1.807, 2.05) is 0 Å². The number of benzene rings is 2. The fraction of sp³-hybridized carbons (Fsp3) is 0.444. The van der Waals surface area contributed by atoms with Gasteiger partial charge in [-0.2, -0.15) is 0 Å². The molecule has 0 heterocycles. The van der Waals surface area contributed by atoms with Crippen LogP contribution in [0.15, 0.2) is 36.4 Å². The topological polar surface area (TPSA) is 30.5 Å². The standard InChI is InChI=1S/C18H23NO2/c1-3-21-15-10-14(11-15)19-12-17-16-7-5-4-6-13(16)8-9-18(17)20-2/h4-9,14-15,19H,3,10-12H2,1-2H3. The first-order valence-corrected chi connectivity index (χ1v) is 7.71. The molecule has 0 unspecified atom stereocenters. The molecule has 1 saturated carbocycles. The molecule has 21 heavy (non-hydrogen) atoms. The van der Waals surface area contributed by atoms with E-state index in [9.17, 15) is 0 Å². The summed E-state index contributed by atoms with van der Waals surface area (Å²) in [5.74, 6) is 0.960. The van der Waals surface area contributed by atoms with Gasteiger partial charge in [0.1, 0.15) is 5.75 Å². The molecule has 2 aromatic carbocycles. The summed E-state index contributed by atoms with van der Waals surface area (Å²) in [6, 6.07) is 13.2. The Morgan fingerprint density at radius 2 is 1.95 bits per heavy atom. The van der Waals surface area contributed by atoms with Gasteiger partial charge in [0.05, 0.1) is 13.2 Å². The molecule has 1 N–H and O–H groups in total. The van der Waals surface area contributed by atoms with E-state index in [2.05, 4.69) is 48.6 Å². The molecule has 0 aliphatic heterocycles. The van der Waals surface area contributed by atoms with E-state index in [1.165, 1.54) is 16.3 Å². The van der Waals surface area contributed by atoms with Gasteiger partial charge in [0, 0.05) is 24.8 Å². The first-order valence-electron chi connectivity index (χ1n) is 7.71. The number of nitrogens with one attached hydrogen (secondary N) is 1. The first-order chi connectivity index (χ1) is 10.3. The third kappa shape index (κ3) is 3.04. The smallest absolute Gasteiger partial charge is 0.123 e. The zero-order valence-corrected chi connectivity index (χ0v) is 12.8. The third-order valence-electron chi connectivity index (χ3n) is 4.28. The van der Waals surface area contributed by atoms with E-state index in [1.54, 1.807) is 7.11 Å². The lowest BCUT2D eigenvalue weighted by Gasteiger charge is -2.35. The van der Waals surface area contributed by atoms with E-state index in [0.717, 1.165) is 31.7 Å². The molecule has 0 bridgehead atoms. The highest BCUT2D eigenvalue weighted by Crippen LogP contribution is 2.29. The summed E-state index contributed by atoms with van der Waals surface area (Å²) in [5, 5.41) is 6.16. The maximum absolute atomic E-state index is 5.61. The lowest BCUT2D eigenvalue weighted by Crippen LogP contribution is -2.45. The lowest BCUT2D eigenvalue weighted by molar-refractivity contribution is -0.0102. The minimum Gasteiger partial charge on any atom is -0.496 e. The molecule has 112 valence electrons. The van der Waals surface area contributed by atoms with E-state index in [4.69, 9.17) is 9.47 Å². The van der Waals surface area contributed by atoms with Crippen LogP contribution >= 0.6 is 0 Å². The largest absolute Gasteiger partial charge is 0.496 e.